The van der Waals surface area contributed by atoms with Crippen LogP contribution in [0.1, 0.15) is 41.4 Å². The van der Waals surface area contributed by atoms with E-state index in [0.29, 0.717) is 25.5 Å². The maximum absolute atomic E-state index is 12.0. The van der Waals surface area contributed by atoms with E-state index in [1.807, 2.05) is 26.0 Å². The van der Waals surface area contributed by atoms with Crippen molar-refractivity contribution in [1.82, 2.24) is 16.0 Å². The van der Waals surface area contributed by atoms with Crippen molar-refractivity contribution in [3.63, 3.8) is 0 Å². The van der Waals surface area contributed by atoms with E-state index in [4.69, 9.17) is 13.9 Å². The third kappa shape index (κ3) is 7.88. The number of hydrogen-bond acceptors (Lipinski definition) is 5. The van der Waals surface area contributed by atoms with Gasteiger partial charge in [-0.15, -0.1) is 0 Å². The van der Waals surface area contributed by atoms with Crippen LogP contribution in [0.3, 0.4) is 0 Å². The van der Waals surface area contributed by atoms with Crippen LogP contribution in [0.5, 0.6) is 11.5 Å². The first-order valence-corrected chi connectivity index (χ1v) is 10.7. The zero-order valence-electron chi connectivity index (χ0n) is 18.9. The fourth-order valence-electron chi connectivity index (χ4n) is 3.05. The topological polar surface area (TPSA) is 97.1 Å². The fourth-order valence-corrected chi connectivity index (χ4v) is 3.05. The summed E-state index contributed by atoms with van der Waals surface area (Å²) in [7, 11) is 3.39. The molecule has 8 heteroatoms. The molecule has 0 aliphatic rings. The molecule has 1 amide bonds. The molecule has 1 aromatic heterocycles. The van der Waals surface area contributed by atoms with E-state index in [0.717, 1.165) is 48.8 Å². The smallest absolute Gasteiger partial charge is 0.287 e. The van der Waals surface area contributed by atoms with Crippen LogP contribution < -0.4 is 25.4 Å². The van der Waals surface area contributed by atoms with Crippen molar-refractivity contribution < 1.29 is 18.7 Å². The number of guanidine groups is 1. The third-order valence-electron chi connectivity index (χ3n) is 4.69. The lowest BCUT2D eigenvalue weighted by Crippen LogP contribution is -2.39. The number of rotatable bonds is 12. The summed E-state index contributed by atoms with van der Waals surface area (Å²) < 4.78 is 16.1. The number of aliphatic imine (C=N–C) groups is 1. The highest BCUT2D eigenvalue weighted by Crippen LogP contribution is 2.28. The Morgan fingerprint density at radius 1 is 1.06 bits per heavy atom. The van der Waals surface area contributed by atoms with Crippen molar-refractivity contribution in [1.29, 1.82) is 0 Å². The summed E-state index contributed by atoms with van der Waals surface area (Å²) in [6, 6.07) is 7.82. The summed E-state index contributed by atoms with van der Waals surface area (Å²) in [6.45, 7) is 6.47. The van der Waals surface area contributed by atoms with Gasteiger partial charge in [-0.25, -0.2) is 0 Å². The van der Waals surface area contributed by atoms with Gasteiger partial charge in [-0.05, 0) is 56.9 Å². The van der Waals surface area contributed by atoms with E-state index in [9.17, 15) is 4.79 Å². The molecule has 3 N–H and O–H groups in total. The van der Waals surface area contributed by atoms with Crippen LogP contribution >= 0.6 is 0 Å². The fraction of sp³-hybridized carbons (Fsp3) is 0.478. The molecule has 2 aromatic rings. The molecule has 0 bridgehead atoms. The molecule has 8 nitrogen and oxygen atoms in total. The zero-order valence-corrected chi connectivity index (χ0v) is 18.9. The molecule has 31 heavy (non-hydrogen) atoms. The normalized spacial score (nSPS) is 11.2. The van der Waals surface area contributed by atoms with Gasteiger partial charge in [-0.1, -0.05) is 6.07 Å². The number of carbonyl (C=O) groups excluding carboxylic acids is 1. The van der Waals surface area contributed by atoms with Crippen LogP contribution in [0.25, 0.3) is 0 Å². The first-order valence-electron chi connectivity index (χ1n) is 10.7. The predicted octanol–water partition coefficient (Wildman–Crippen LogP) is 2.91. The quantitative estimate of drug-likeness (QED) is 0.272. The van der Waals surface area contributed by atoms with E-state index in [1.54, 1.807) is 20.2 Å². The number of nitrogens with one attached hydrogen (secondary N) is 3. The highest BCUT2D eigenvalue weighted by molar-refractivity contribution is 5.92. The van der Waals surface area contributed by atoms with Gasteiger partial charge in [0.25, 0.3) is 5.91 Å². The van der Waals surface area contributed by atoms with E-state index in [-0.39, 0.29) is 5.91 Å². The maximum Gasteiger partial charge on any atom is 0.287 e. The monoisotopic (exact) mass is 430 g/mol. The number of benzene rings is 1. The van der Waals surface area contributed by atoms with Crippen molar-refractivity contribution >= 4 is 11.9 Å². The van der Waals surface area contributed by atoms with E-state index in [2.05, 4.69) is 27.0 Å². The van der Waals surface area contributed by atoms with E-state index >= 15 is 0 Å². The summed E-state index contributed by atoms with van der Waals surface area (Å²) in [5.74, 6) is 2.47. The van der Waals surface area contributed by atoms with Crippen molar-refractivity contribution in [3.05, 3.63) is 47.4 Å². The number of aryl methyl sites for hydroxylation is 2. The Kier molecular flexibility index (Phi) is 10.3. The first-order chi connectivity index (χ1) is 15.1. The highest BCUT2D eigenvalue weighted by atomic mass is 16.5. The number of hydrogen-bond donors (Lipinski definition) is 3. The lowest BCUT2D eigenvalue weighted by atomic mass is 10.1. The van der Waals surface area contributed by atoms with Crippen LogP contribution in [0.4, 0.5) is 0 Å². The van der Waals surface area contributed by atoms with E-state index in [1.165, 1.54) is 11.8 Å². The predicted molar refractivity (Wildman–Crippen MR) is 122 cm³/mol. The average molecular weight is 431 g/mol. The second-order valence-electron chi connectivity index (χ2n) is 6.99. The second kappa shape index (κ2) is 13.2. The molecular formula is C23H34N4O4. The summed E-state index contributed by atoms with van der Waals surface area (Å²) in [4.78, 5) is 16.2. The van der Waals surface area contributed by atoms with Crippen LogP contribution in [-0.4, -0.2) is 52.3 Å². The number of furan rings is 1. The minimum atomic E-state index is -0.184. The van der Waals surface area contributed by atoms with Gasteiger partial charge < -0.3 is 29.8 Å². The van der Waals surface area contributed by atoms with Crippen molar-refractivity contribution in [2.75, 3.05) is 40.4 Å². The molecular weight excluding hydrogens is 396 g/mol. The Hall–Kier alpha value is -3.16. The molecule has 1 heterocycles. The average Bonchev–Trinajstić information content (AvgIpc) is 3.21. The van der Waals surface area contributed by atoms with Gasteiger partial charge in [0.1, 0.15) is 0 Å². The largest absolute Gasteiger partial charge is 0.493 e. The summed E-state index contributed by atoms with van der Waals surface area (Å²) in [5, 5.41) is 9.43. The highest BCUT2D eigenvalue weighted by Gasteiger charge is 2.11. The van der Waals surface area contributed by atoms with Crippen molar-refractivity contribution in [3.8, 4) is 11.5 Å². The first kappa shape index (κ1) is 24.1. The standard InChI is InChI=1S/C23H34N4O4/c1-5-30-20-16-18(9-10-19(20)29-4)8-6-12-26-23(24-3)27-14-7-13-25-22(28)21-17(2)11-15-31-21/h9-11,15-16H,5-8,12-14H2,1-4H3,(H,25,28)(H2,24,26,27). The third-order valence-corrected chi connectivity index (χ3v) is 4.69. The summed E-state index contributed by atoms with van der Waals surface area (Å²) >= 11 is 0. The molecule has 0 aliphatic heterocycles. The van der Waals surface area contributed by atoms with Crippen LogP contribution in [0.2, 0.25) is 0 Å². The molecule has 170 valence electrons. The molecule has 2 rings (SSSR count). The molecule has 0 atom stereocenters. The second-order valence-corrected chi connectivity index (χ2v) is 6.99. The van der Waals surface area contributed by atoms with Crippen LogP contribution in [-0.2, 0) is 6.42 Å². The Morgan fingerprint density at radius 2 is 1.81 bits per heavy atom. The lowest BCUT2D eigenvalue weighted by Gasteiger charge is -2.13. The molecule has 0 spiro atoms. The van der Waals surface area contributed by atoms with Gasteiger partial charge in [0.15, 0.2) is 23.2 Å². The molecule has 0 radical (unpaired) electrons. The molecule has 0 unspecified atom stereocenters. The lowest BCUT2D eigenvalue weighted by molar-refractivity contribution is 0.0925. The Morgan fingerprint density at radius 3 is 2.45 bits per heavy atom. The SMILES string of the molecule is CCOc1cc(CCCNC(=NC)NCCCNC(=O)c2occc2C)ccc1OC. The summed E-state index contributed by atoms with van der Waals surface area (Å²) in [6.07, 6.45) is 4.18. The number of methoxy groups -OCH3 is 1. The van der Waals surface area contributed by atoms with Gasteiger partial charge >= 0.3 is 0 Å². The minimum Gasteiger partial charge on any atom is -0.493 e. The Labute approximate surface area is 184 Å². The van der Waals surface area contributed by atoms with Gasteiger partial charge in [0.2, 0.25) is 0 Å². The molecule has 1 aromatic carbocycles. The molecule has 0 saturated carbocycles. The maximum atomic E-state index is 12.0. The Balaban J connectivity index is 1.62. The number of carbonyl (C=O) groups is 1. The van der Waals surface area contributed by atoms with Crippen LogP contribution in [0, 0.1) is 6.92 Å². The van der Waals surface area contributed by atoms with Crippen molar-refractivity contribution in [2.24, 2.45) is 4.99 Å². The minimum absolute atomic E-state index is 0.184. The Bertz CT molecular complexity index is 848. The number of amides is 1. The van der Waals surface area contributed by atoms with Crippen LogP contribution in [0.15, 0.2) is 39.9 Å². The molecule has 0 fully saturated rings. The van der Waals surface area contributed by atoms with E-state index < -0.39 is 0 Å². The van der Waals surface area contributed by atoms with Gasteiger partial charge in [0, 0.05) is 32.2 Å². The van der Waals surface area contributed by atoms with Gasteiger partial charge in [0.05, 0.1) is 20.0 Å². The van der Waals surface area contributed by atoms with Gasteiger partial charge in [-0.3, -0.25) is 9.79 Å². The zero-order chi connectivity index (χ0) is 22.5. The number of nitrogens with zero attached hydrogens (tertiary/aromatic N) is 1. The van der Waals surface area contributed by atoms with Crippen molar-refractivity contribution in [2.45, 2.75) is 33.1 Å². The summed E-state index contributed by atoms with van der Waals surface area (Å²) in [5.41, 5.74) is 2.04. The number of ether oxygens (including phenoxy) is 2. The molecule has 0 saturated heterocycles. The van der Waals surface area contributed by atoms with Gasteiger partial charge in [-0.2, -0.15) is 0 Å². The molecule has 0 aliphatic carbocycles.